The minimum absolute atomic E-state index is 0.0218. The van der Waals surface area contributed by atoms with Gasteiger partial charge in [-0.15, -0.1) is 0 Å². The van der Waals surface area contributed by atoms with Crippen molar-refractivity contribution in [2.45, 2.75) is 81.1 Å². The number of benzene rings is 1. The van der Waals surface area contributed by atoms with Crippen LogP contribution in [0.1, 0.15) is 54.4 Å². The molecule has 1 aromatic carbocycles. The average Bonchev–Trinajstić information content (AvgIpc) is 3.42. The molecule has 1 aromatic rings. The number of hydrogen-bond acceptors (Lipinski definition) is 8. The molecule has 2 amide bonds. The molecule has 10 nitrogen and oxygen atoms in total. The van der Waals surface area contributed by atoms with Crippen LogP contribution in [-0.2, 0) is 16.0 Å². The standard InChI is InChI=1S/C32H44FN7O3/c1-4-28(41)40-15-14-39(19-23(40)10-12-34)29-26-9-11-32(17-21-16-22(33)7-8-25(21)30(42)38(32)3)18-27(26)35-31(36-29)43-20-24-6-5-13-37(24)2/h4,7-8,16,23-24,26-27,29,31,35-36H,1,5-6,9-11,13-15,17-20H2,2-3H3/t23-,24-,26?,27?,29?,31?,32-/m1/s1. The summed E-state index contributed by atoms with van der Waals surface area (Å²) >= 11 is 0. The number of carbonyl (C=O) groups excluding carboxylic acids is 2. The number of hydrogen-bond donors (Lipinski definition) is 2. The fourth-order valence-corrected chi connectivity index (χ4v) is 8.32. The lowest BCUT2D eigenvalue weighted by atomic mass is 9.66. The molecule has 4 unspecified atom stereocenters. The molecule has 6 rings (SSSR count). The molecule has 7 atom stereocenters. The van der Waals surface area contributed by atoms with E-state index in [0.29, 0.717) is 44.3 Å². The van der Waals surface area contributed by atoms with Crippen molar-refractivity contribution in [2.24, 2.45) is 5.92 Å². The molecule has 1 spiro atoms. The third kappa shape index (κ3) is 5.71. The van der Waals surface area contributed by atoms with Crippen LogP contribution in [0.5, 0.6) is 0 Å². The number of rotatable bonds is 6. The lowest BCUT2D eigenvalue weighted by Gasteiger charge is -2.58. The number of likely N-dealkylation sites (N-methyl/N-ethyl adjacent to an activating group) is 2. The lowest BCUT2D eigenvalue weighted by Crippen LogP contribution is -2.74. The molecule has 4 aliphatic heterocycles. The van der Waals surface area contributed by atoms with Crippen LogP contribution in [0.15, 0.2) is 30.9 Å². The van der Waals surface area contributed by atoms with E-state index in [1.54, 1.807) is 11.0 Å². The highest BCUT2D eigenvalue weighted by Gasteiger charge is 2.53. The van der Waals surface area contributed by atoms with E-state index in [9.17, 15) is 19.2 Å². The quantitative estimate of drug-likeness (QED) is 0.482. The number of amides is 2. The van der Waals surface area contributed by atoms with Crippen molar-refractivity contribution in [3.8, 4) is 6.07 Å². The minimum atomic E-state index is -0.414. The van der Waals surface area contributed by atoms with Gasteiger partial charge in [-0.2, -0.15) is 5.26 Å². The summed E-state index contributed by atoms with van der Waals surface area (Å²) in [6, 6.07) is 6.98. The van der Waals surface area contributed by atoms with Crippen LogP contribution in [0.3, 0.4) is 0 Å². The van der Waals surface area contributed by atoms with E-state index in [0.717, 1.165) is 37.8 Å². The van der Waals surface area contributed by atoms with E-state index in [2.05, 4.69) is 40.1 Å². The summed E-state index contributed by atoms with van der Waals surface area (Å²) in [5.74, 6) is -0.281. The third-order valence-corrected chi connectivity index (χ3v) is 10.8. The third-order valence-electron chi connectivity index (χ3n) is 10.8. The number of carbonyl (C=O) groups is 2. The van der Waals surface area contributed by atoms with Gasteiger partial charge in [0.25, 0.3) is 5.91 Å². The molecule has 0 aromatic heterocycles. The maximum Gasteiger partial charge on any atom is 0.254 e. The predicted octanol–water partition coefficient (Wildman–Crippen LogP) is 1.89. The summed E-state index contributed by atoms with van der Waals surface area (Å²) in [7, 11) is 4.03. The molecule has 0 radical (unpaired) electrons. The van der Waals surface area contributed by atoms with Gasteiger partial charge < -0.3 is 19.4 Å². The second-order valence-electron chi connectivity index (χ2n) is 13.1. The van der Waals surface area contributed by atoms with Gasteiger partial charge in [0.05, 0.1) is 31.3 Å². The number of nitrogens with zero attached hydrogens (tertiary/aromatic N) is 5. The first kappa shape index (κ1) is 30.2. The van der Waals surface area contributed by atoms with Crippen LogP contribution < -0.4 is 10.6 Å². The molecule has 5 aliphatic rings. The maximum atomic E-state index is 14.3. The van der Waals surface area contributed by atoms with Crippen molar-refractivity contribution < 1.29 is 18.7 Å². The monoisotopic (exact) mass is 593 g/mol. The molecular formula is C32H44FN7O3. The molecular weight excluding hydrogens is 549 g/mol. The van der Waals surface area contributed by atoms with Gasteiger partial charge in [0.1, 0.15) is 5.82 Å². The van der Waals surface area contributed by atoms with E-state index in [-0.39, 0.29) is 54.6 Å². The number of fused-ring (bicyclic) bond motifs is 2. The molecule has 2 N–H and O–H groups in total. The van der Waals surface area contributed by atoms with E-state index in [4.69, 9.17) is 4.74 Å². The molecule has 1 saturated carbocycles. The van der Waals surface area contributed by atoms with Gasteiger partial charge >= 0.3 is 0 Å². The number of nitrogens with one attached hydrogen (secondary N) is 2. The summed E-state index contributed by atoms with van der Waals surface area (Å²) in [6.07, 6.45) is 6.49. The largest absolute Gasteiger partial charge is 0.348 e. The van der Waals surface area contributed by atoms with E-state index in [1.807, 2.05) is 11.9 Å². The van der Waals surface area contributed by atoms with Gasteiger partial charge in [-0.1, -0.05) is 6.58 Å². The average molecular weight is 594 g/mol. The van der Waals surface area contributed by atoms with Gasteiger partial charge in [0.15, 0.2) is 6.35 Å². The number of nitriles is 1. The first-order chi connectivity index (χ1) is 20.7. The van der Waals surface area contributed by atoms with E-state index in [1.165, 1.54) is 24.6 Å². The maximum absolute atomic E-state index is 14.3. The van der Waals surface area contributed by atoms with E-state index < -0.39 is 5.54 Å². The molecule has 1 aliphatic carbocycles. The van der Waals surface area contributed by atoms with Crippen molar-refractivity contribution >= 4 is 11.8 Å². The van der Waals surface area contributed by atoms with Crippen LogP contribution >= 0.6 is 0 Å². The summed E-state index contributed by atoms with van der Waals surface area (Å²) in [6.45, 7) is 7.14. The Morgan fingerprint density at radius 3 is 2.81 bits per heavy atom. The van der Waals surface area contributed by atoms with Crippen LogP contribution in [-0.4, -0.2) is 114 Å². The molecule has 0 bridgehead atoms. The Morgan fingerprint density at radius 1 is 1.23 bits per heavy atom. The Hall–Kier alpha value is -2.88. The van der Waals surface area contributed by atoms with Gasteiger partial charge in [0.2, 0.25) is 5.91 Å². The number of piperazine rings is 1. The zero-order chi connectivity index (χ0) is 30.3. The number of ether oxygens (including phenoxy) is 1. The Kier molecular flexibility index (Phi) is 8.59. The normalized spacial score (nSPS) is 35.0. The van der Waals surface area contributed by atoms with Gasteiger partial charge in [-0.25, -0.2) is 4.39 Å². The highest BCUT2D eigenvalue weighted by atomic mass is 19.1. The van der Waals surface area contributed by atoms with Crippen LogP contribution in [0.2, 0.25) is 0 Å². The van der Waals surface area contributed by atoms with Crippen LogP contribution in [0, 0.1) is 23.1 Å². The minimum Gasteiger partial charge on any atom is -0.348 e. The van der Waals surface area contributed by atoms with Crippen LogP contribution in [0.4, 0.5) is 4.39 Å². The highest BCUT2D eigenvalue weighted by molar-refractivity contribution is 5.97. The Morgan fingerprint density at radius 2 is 2.07 bits per heavy atom. The van der Waals surface area contributed by atoms with Gasteiger partial charge in [0, 0.05) is 55.8 Å². The Balaban J connectivity index is 1.25. The van der Waals surface area contributed by atoms with E-state index >= 15 is 0 Å². The smallest absolute Gasteiger partial charge is 0.254 e. The SMILES string of the molecule is C=CC(=O)N1CCN(C2NC(OC[C@H]3CCCN3C)NC3C[C@@]4(CCC32)Cc2cc(F)ccc2C(=O)N4C)C[C@H]1CC#N. The predicted molar refractivity (Wildman–Crippen MR) is 159 cm³/mol. The highest BCUT2D eigenvalue weighted by Crippen LogP contribution is 2.45. The van der Waals surface area contributed by atoms with Gasteiger partial charge in [-0.3, -0.25) is 25.1 Å². The van der Waals surface area contributed by atoms with Crippen molar-refractivity contribution in [1.29, 1.82) is 5.26 Å². The summed E-state index contributed by atoms with van der Waals surface area (Å²) < 4.78 is 20.8. The Bertz CT molecular complexity index is 1290. The zero-order valence-corrected chi connectivity index (χ0v) is 25.3. The molecule has 3 saturated heterocycles. The number of likely N-dealkylation sites (tertiary alicyclic amines) is 1. The molecule has 4 fully saturated rings. The van der Waals surface area contributed by atoms with Crippen molar-refractivity contribution in [2.75, 3.05) is 46.9 Å². The van der Waals surface area contributed by atoms with Crippen LogP contribution in [0.25, 0.3) is 0 Å². The fraction of sp³-hybridized carbons (Fsp3) is 0.656. The lowest BCUT2D eigenvalue weighted by molar-refractivity contribution is -0.137. The zero-order valence-electron chi connectivity index (χ0n) is 25.3. The summed E-state index contributed by atoms with van der Waals surface area (Å²) in [5.41, 5.74) is 0.958. The number of halogens is 1. The van der Waals surface area contributed by atoms with Crippen molar-refractivity contribution in [3.05, 3.63) is 47.8 Å². The molecule has 11 heteroatoms. The first-order valence-corrected chi connectivity index (χ1v) is 15.7. The van der Waals surface area contributed by atoms with Gasteiger partial charge in [-0.05, 0) is 82.0 Å². The second-order valence-corrected chi connectivity index (χ2v) is 13.1. The van der Waals surface area contributed by atoms with Crippen molar-refractivity contribution in [1.82, 2.24) is 30.2 Å². The summed E-state index contributed by atoms with van der Waals surface area (Å²) in [5, 5.41) is 17.1. The molecule has 4 heterocycles. The topological polar surface area (TPSA) is 104 Å². The molecule has 43 heavy (non-hydrogen) atoms. The molecule has 232 valence electrons. The summed E-state index contributed by atoms with van der Waals surface area (Å²) in [4.78, 5) is 34.4. The second kappa shape index (κ2) is 12.3. The van der Waals surface area contributed by atoms with Crippen molar-refractivity contribution in [3.63, 3.8) is 0 Å². The Labute approximate surface area is 253 Å². The fourth-order valence-electron chi connectivity index (χ4n) is 8.32. The first-order valence-electron chi connectivity index (χ1n) is 15.7.